The summed E-state index contributed by atoms with van der Waals surface area (Å²) in [5, 5.41) is 12.7. The van der Waals surface area contributed by atoms with E-state index in [1.165, 1.54) is 19.3 Å². The Morgan fingerprint density at radius 3 is 2.52 bits per heavy atom. The Labute approximate surface area is 126 Å². The van der Waals surface area contributed by atoms with Crippen LogP contribution in [0.1, 0.15) is 51.9 Å². The van der Waals surface area contributed by atoms with Gasteiger partial charge in [0.15, 0.2) is 0 Å². The standard InChI is InChI=1S/C16H26N2O3/c1-10(19)14(17-15(20)12-7-8-12)16(21)18-9-3-5-11-4-2-6-13(11)18/h10-14,19H,2-9H2,1H3,(H,17,20). The van der Waals surface area contributed by atoms with Gasteiger partial charge in [-0.25, -0.2) is 0 Å². The normalized spacial score (nSPS) is 31.4. The van der Waals surface area contributed by atoms with Gasteiger partial charge in [0.2, 0.25) is 11.8 Å². The van der Waals surface area contributed by atoms with Gasteiger partial charge in [-0.3, -0.25) is 9.59 Å². The van der Waals surface area contributed by atoms with E-state index < -0.39 is 12.1 Å². The molecule has 118 valence electrons. The molecule has 0 radical (unpaired) electrons. The molecular weight excluding hydrogens is 268 g/mol. The molecule has 1 aliphatic heterocycles. The predicted octanol–water partition coefficient (Wildman–Crippen LogP) is 1.05. The minimum atomic E-state index is -0.845. The SMILES string of the molecule is CC(O)C(NC(=O)C1CC1)C(=O)N1CCCC2CCCC21. The number of amides is 2. The number of nitrogens with one attached hydrogen (secondary N) is 1. The van der Waals surface area contributed by atoms with E-state index in [-0.39, 0.29) is 17.7 Å². The molecule has 5 nitrogen and oxygen atoms in total. The summed E-state index contributed by atoms with van der Waals surface area (Å²) < 4.78 is 0. The highest BCUT2D eigenvalue weighted by Gasteiger charge is 2.41. The number of hydrogen-bond acceptors (Lipinski definition) is 3. The zero-order valence-corrected chi connectivity index (χ0v) is 12.8. The molecule has 4 atom stereocenters. The number of hydrogen-bond donors (Lipinski definition) is 2. The third kappa shape index (κ3) is 3.07. The molecule has 0 aromatic heterocycles. The van der Waals surface area contributed by atoms with Crippen molar-refractivity contribution >= 4 is 11.8 Å². The maximum atomic E-state index is 12.8. The van der Waals surface area contributed by atoms with Gasteiger partial charge in [0, 0.05) is 18.5 Å². The van der Waals surface area contributed by atoms with Crippen molar-refractivity contribution in [2.75, 3.05) is 6.54 Å². The van der Waals surface area contributed by atoms with Gasteiger partial charge in [-0.05, 0) is 51.4 Å². The number of rotatable bonds is 4. The molecular formula is C16H26N2O3. The molecule has 0 aromatic carbocycles. The summed E-state index contributed by atoms with van der Waals surface area (Å²) in [6.45, 7) is 2.36. The minimum absolute atomic E-state index is 0.0552. The van der Waals surface area contributed by atoms with Crippen LogP contribution in [0.5, 0.6) is 0 Å². The van der Waals surface area contributed by atoms with E-state index in [2.05, 4.69) is 5.32 Å². The molecule has 2 amide bonds. The fraction of sp³-hybridized carbons (Fsp3) is 0.875. The average molecular weight is 294 g/mol. The Morgan fingerprint density at radius 2 is 1.86 bits per heavy atom. The van der Waals surface area contributed by atoms with Crippen molar-refractivity contribution < 1.29 is 14.7 Å². The van der Waals surface area contributed by atoms with Crippen molar-refractivity contribution in [3.8, 4) is 0 Å². The molecule has 2 saturated carbocycles. The molecule has 2 aliphatic carbocycles. The van der Waals surface area contributed by atoms with Crippen molar-refractivity contribution in [2.45, 2.75) is 70.1 Å². The summed E-state index contributed by atoms with van der Waals surface area (Å²) in [5.74, 6) is 0.515. The van der Waals surface area contributed by atoms with Gasteiger partial charge in [-0.2, -0.15) is 0 Å². The fourth-order valence-corrected chi connectivity index (χ4v) is 3.91. The molecule has 1 heterocycles. The minimum Gasteiger partial charge on any atom is -0.391 e. The van der Waals surface area contributed by atoms with Gasteiger partial charge in [0.1, 0.15) is 6.04 Å². The molecule has 4 unspecified atom stereocenters. The summed E-state index contributed by atoms with van der Waals surface area (Å²) in [6.07, 6.45) is 6.68. The molecule has 2 N–H and O–H groups in total. The molecule has 3 fully saturated rings. The second-order valence-corrected chi connectivity index (χ2v) is 6.93. The van der Waals surface area contributed by atoms with Crippen LogP contribution < -0.4 is 5.32 Å². The van der Waals surface area contributed by atoms with Crippen molar-refractivity contribution in [1.82, 2.24) is 10.2 Å². The number of piperidine rings is 1. The van der Waals surface area contributed by atoms with Crippen molar-refractivity contribution in [3.05, 3.63) is 0 Å². The van der Waals surface area contributed by atoms with Crippen LogP contribution in [0, 0.1) is 11.8 Å². The van der Waals surface area contributed by atoms with Crippen molar-refractivity contribution in [1.29, 1.82) is 0 Å². The van der Waals surface area contributed by atoms with Gasteiger partial charge in [0.25, 0.3) is 0 Å². The fourth-order valence-electron chi connectivity index (χ4n) is 3.91. The largest absolute Gasteiger partial charge is 0.391 e. The zero-order chi connectivity index (χ0) is 15.0. The Hall–Kier alpha value is -1.10. The number of nitrogens with zero attached hydrogens (tertiary/aromatic N) is 1. The van der Waals surface area contributed by atoms with Gasteiger partial charge < -0.3 is 15.3 Å². The first-order valence-corrected chi connectivity index (χ1v) is 8.37. The van der Waals surface area contributed by atoms with Crippen LogP contribution in [0.25, 0.3) is 0 Å². The summed E-state index contributed by atoms with van der Waals surface area (Å²) >= 11 is 0. The van der Waals surface area contributed by atoms with Gasteiger partial charge >= 0.3 is 0 Å². The van der Waals surface area contributed by atoms with Crippen LogP contribution >= 0.6 is 0 Å². The summed E-state index contributed by atoms with van der Waals surface area (Å²) in [4.78, 5) is 26.7. The molecule has 5 heteroatoms. The van der Waals surface area contributed by atoms with Gasteiger partial charge in [-0.1, -0.05) is 6.42 Å². The Bertz CT molecular complexity index is 420. The van der Waals surface area contributed by atoms with Gasteiger partial charge in [-0.15, -0.1) is 0 Å². The Morgan fingerprint density at radius 1 is 1.14 bits per heavy atom. The van der Waals surface area contributed by atoms with E-state index >= 15 is 0 Å². The van der Waals surface area contributed by atoms with Crippen LogP contribution in [0.15, 0.2) is 0 Å². The first-order chi connectivity index (χ1) is 10.1. The average Bonchev–Trinajstić information content (AvgIpc) is 3.20. The molecule has 21 heavy (non-hydrogen) atoms. The zero-order valence-electron chi connectivity index (χ0n) is 12.8. The highest BCUT2D eigenvalue weighted by molar-refractivity contribution is 5.90. The summed E-state index contributed by atoms with van der Waals surface area (Å²) in [7, 11) is 0. The smallest absolute Gasteiger partial charge is 0.248 e. The lowest BCUT2D eigenvalue weighted by Crippen LogP contribution is -2.58. The predicted molar refractivity (Wildman–Crippen MR) is 78.4 cm³/mol. The molecule has 0 bridgehead atoms. The number of carbonyl (C=O) groups excluding carboxylic acids is 2. The van der Waals surface area contributed by atoms with E-state index in [1.54, 1.807) is 6.92 Å². The summed E-state index contributed by atoms with van der Waals surface area (Å²) in [5.41, 5.74) is 0. The second kappa shape index (κ2) is 5.95. The van der Waals surface area contributed by atoms with E-state index in [9.17, 15) is 14.7 Å². The third-order valence-electron chi connectivity index (χ3n) is 5.27. The first-order valence-electron chi connectivity index (χ1n) is 8.37. The van der Waals surface area contributed by atoms with E-state index in [0.717, 1.165) is 32.2 Å². The maximum absolute atomic E-state index is 12.8. The van der Waals surface area contributed by atoms with Crippen LogP contribution in [-0.2, 0) is 9.59 Å². The molecule has 3 rings (SSSR count). The highest BCUT2D eigenvalue weighted by Crippen LogP contribution is 2.37. The quantitative estimate of drug-likeness (QED) is 0.814. The first kappa shape index (κ1) is 14.8. The topological polar surface area (TPSA) is 69.6 Å². The Balaban J connectivity index is 1.68. The van der Waals surface area contributed by atoms with E-state index in [0.29, 0.717) is 12.0 Å². The van der Waals surface area contributed by atoms with Crippen LogP contribution in [0.4, 0.5) is 0 Å². The molecule has 1 saturated heterocycles. The monoisotopic (exact) mass is 294 g/mol. The van der Waals surface area contributed by atoms with Gasteiger partial charge in [0.05, 0.1) is 6.10 Å². The lowest BCUT2D eigenvalue weighted by molar-refractivity contribution is -0.143. The number of aliphatic hydroxyl groups is 1. The van der Waals surface area contributed by atoms with E-state index in [1.807, 2.05) is 4.90 Å². The lowest BCUT2D eigenvalue weighted by atomic mass is 9.91. The Kier molecular flexibility index (Phi) is 4.20. The molecule has 3 aliphatic rings. The third-order valence-corrected chi connectivity index (χ3v) is 5.27. The van der Waals surface area contributed by atoms with Crippen LogP contribution in [0.3, 0.4) is 0 Å². The maximum Gasteiger partial charge on any atom is 0.248 e. The van der Waals surface area contributed by atoms with Crippen LogP contribution in [-0.4, -0.2) is 46.6 Å². The number of fused-ring (bicyclic) bond motifs is 1. The molecule has 0 spiro atoms. The van der Waals surface area contributed by atoms with Crippen LogP contribution in [0.2, 0.25) is 0 Å². The van der Waals surface area contributed by atoms with Crippen molar-refractivity contribution in [3.63, 3.8) is 0 Å². The molecule has 0 aromatic rings. The number of likely N-dealkylation sites (tertiary alicyclic amines) is 1. The lowest BCUT2D eigenvalue weighted by Gasteiger charge is -2.40. The summed E-state index contributed by atoms with van der Waals surface area (Å²) in [6, 6.07) is -0.456. The number of aliphatic hydroxyl groups excluding tert-OH is 1. The van der Waals surface area contributed by atoms with Crippen molar-refractivity contribution in [2.24, 2.45) is 11.8 Å². The highest BCUT2D eigenvalue weighted by atomic mass is 16.3. The second-order valence-electron chi connectivity index (χ2n) is 6.93. The number of carbonyl (C=O) groups is 2. The van der Waals surface area contributed by atoms with E-state index in [4.69, 9.17) is 0 Å².